The van der Waals surface area contributed by atoms with E-state index in [1.54, 1.807) is 9.80 Å². The number of ether oxygens (including phenoxy) is 4. The van der Waals surface area contributed by atoms with Crippen LogP contribution in [-0.4, -0.2) is 280 Å². The van der Waals surface area contributed by atoms with Crippen LogP contribution in [0.3, 0.4) is 0 Å². The predicted molar refractivity (Wildman–Crippen MR) is 656 cm³/mol. The van der Waals surface area contributed by atoms with E-state index in [0.717, 1.165) is 18.6 Å². The molecule has 24 nitrogen and oxygen atoms in total. The van der Waals surface area contributed by atoms with Crippen molar-refractivity contribution < 1.29 is 101 Å². The van der Waals surface area contributed by atoms with Crippen molar-refractivity contribution in [3.63, 3.8) is 0 Å². The second kappa shape index (κ2) is 85.7. The van der Waals surface area contributed by atoms with E-state index in [1.807, 2.05) is 61.0 Å². The van der Waals surface area contributed by atoms with Gasteiger partial charge < -0.3 is 101 Å². The average molecular weight is 3130 g/mol. The molecule has 0 amide bonds. The van der Waals surface area contributed by atoms with Gasteiger partial charge in [-0.3, -0.25) is 9.80 Å². The Labute approximate surface area is 846 Å². The topological polar surface area (TPSA) is 391 Å². The molecule has 4 rings (SSSR count). The number of allylic oxidation sites excluding steroid dienone is 2. The predicted octanol–water partition coefficient (Wildman–Crippen LogP) is 20.6. The zero-order valence-electron chi connectivity index (χ0n) is 61.1. The smallest absolute Gasteiger partial charge is 0.174 e. The number of nitrogens with one attached hydrogen (secondary N) is 2. The first-order chi connectivity index (χ1) is 53.8. The molecule has 0 aliphatic carbocycles. The van der Waals surface area contributed by atoms with Gasteiger partial charge in [0, 0.05) is 36.8 Å². The molecule has 0 aromatic heterocycles. The summed E-state index contributed by atoms with van der Waals surface area (Å²) >= 11 is 29.5. The van der Waals surface area contributed by atoms with Crippen molar-refractivity contribution in [1.82, 2.24) is 19.5 Å². The molecule has 4 saturated heterocycles. The van der Waals surface area contributed by atoms with Crippen molar-refractivity contribution in [2.45, 2.75) is 123 Å². The van der Waals surface area contributed by atoms with E-state index in [0.29, 0.717) is 26.2 Å². The summed E-state index contributed by atoms with van der Waals surface area (Å²) in [6.45, 7) is -1.36. The van der Waals surface area contributed by atoms with Gasteiger partial charge in [0.1, 0.15) is 85.3 Å². The molecule has 674 valence electrons. The minimum Gasteiger partial charge on any atom is -0.394 e. The Hall–Kier alpha value is 19.3. The Morgan fingerprint density at radius 2 is 0.584 bits per heavy atom. The van der Waals surface area contributed by atoms with Crippen molar-refractivity contribution in [3.05, 3.63) is 61.0 Å². The molecule has 4 aliphatic rings. The maximum Gasteiger partial charge on any atom is 0.174 e. The minimum absolute atomic E-state index is 0.0283. The number of alkyl halides is 2. The summed E-state index contributed by atoms with van der Waals surface area (Å²) in [5.41, 5.74) is 0. The van der Waals surface area contributed by atoms with Crippen molar-refractivity contribution in [1.29, 1.82) is 2.56 Å². The largest absolute Gasteiger partial charge is 0.394 e. The molecule has 4 fully saturated rings. The van der Waals surface area contributed by atoms with E-state index in [4.69, 9.17) is 65.5 Å². The molecular formula is C42H111Br2Cl2I6N4O20P37. The van der Waals surface area contributed by atoms with Crippen molar-refractivity contribution >= 4 is 489 Å². The third-order valence-corrected chi connectivity index (χ3v) is 229. The quantitative estimate of drug-likeness (QED) is 0.0123. The Morgan fingerprint density at radius 1 is 0.354 bits per heavy atom. The summed E-state index contributed by atoms with van der Waals surface area (Å²) in [6.07, 6.45) is -7.56. The zero-order chi connectivity index (χ0) is 90.0. The van der Waals surface area contributed by atoms with E-state index >= 15 is 0 Å². The third-order valence-electron chi connectivity index (χ3n) is 13.3. The van der Waals surface area contributed by atoms with Gasteiger partial charge in [-0.25, -0.2) is 9.67 Å². The normalized spacial score (nSPS) is 30.2. The molecule has 113 heavy (non-hydrogen) atoms. The molecule has 71 heteroatoms. The fourth-order valence-corrected chi connectivity index (χ4v) is 360. The lowest BCUT2D eigenvalue weighted by Gasteiger charge is -2.44. The molecular weight excluding hydrogens is 3020 g/mol. The summed E-state index contributed by atoms with van der Waals surface area (Å²) in [4.78, 5) is 7.77. The Kier molecular flexibility index (Phi) is 102. The molecule has 0 bridgehead atoms. The van der Waals surface area contributed by atoms with Crippen LogP contribution in [0.25, 0.3) is 0 Å². The van der Waals surface area contributed by atoms with Crippen LogP contribution in [0.5, 0.6) is 0 Å². The van der Waals surface area contributed by atoms with Gasteiger partial charge in [-0.2, -0.15) is 0 Å². The fraction of sp³-hybridized carbons (Fsp3) is 0.714. The van der Waals surface area contributed by atoms with Gasteiger partial charge in [-0.15, -0.1) is 170 Å². The maximum absolute atomic E-state index is 10.2. The van der Waals surface area contributed by atoms with Crippen LogP contribution in [0, 0.1) is 0 Å². The van der Waals surface area contributed by atoms with Crippen LogP contribution in [0.1, 0.15) is 0 Å². The summed E-state index contributed by atoms with van der Waals surface area (Å²) in [7, 11) is 57.4. The van der Waals surface area contributed by atoms with Gasteiger partial charge in [0.25, 0.3) is 0 Å². The summed E-state index contributed by atoms with van der Waals surface area (Å²) in [5, 5.41) is 153. The molecule has 45 atom stereocenters. The van der Waals surface area contributed by atoms with Gasteiger partial charge in [0.05, 0.1) is 41.1 Å². The van der Waals surface area contributed by atoms with Crippen molar-refractivity contribution in [2.24, 2.45) is 0 Å². The van der Waals surface area contributed by atoms with E-state index in [-0.39, 0.29) is 105 Å². The molecule has 0 saturated carbocycles. The highest BCUT2D eigenvalue weighted by Gasteiger charge is 2.49. The first-order valence-corrected chi connectivity index (χ1v) is 106. The van der Waals surface area contributed by atoms with E-state index in [2.05, 4.69) is 347 Å². The van der Waals surface area contributed by atoms with Crippen LogP contribution in [0.2, 0.25) is 0 Å². The van der Waals surface area contributed by atoms with Crippen LogP contribution in [0.4, 0.5) is 0 Å². The number of hydrogen-bond acceptors (Lipinski definition) is 24. The lowest BCUT2D eigenvalue weighted by Crippen LogP contribution is -2.64. The number of nitrogens with zero attached hydrogens (tertiary/aromatic N) is 2. The molecule has 0 aromatic carbocycles. The summed E-state index contributed by atoms with van der Waals surface area (Å²) in [6, 6.07) is -3.46. The number of aliphatic hydroxyl groups excluding tert-OH is 16. The molecule has 4 aliphatic heterocycles. The van der Waals surface area contributed by atoms with Crippen molar-refractivity contribution in [3.8, 4) is 0 Å². The SMILES string of the molecule is BrC/C=C/I.BrC/C=C\I.OC[C@H]1OC(O)[C@H](N(C/C=C/I)C/C=C/I)[C@@H](O)[C@@H]1O.OC[C@H]1OC(O)[C@H](N(C/C=C\I)C/C=C\I)[C@@H](O)[C@@H]1O.OC[C@H]1OC(O)[C@H](NCl)[C@@H](O)[C@@H]1O.OC[C@H]1OC(O)[C@H](NCl)[C@@H](O)[C@@H]1O.[3H]P(P(P(P)P)P(P)P)P(P(P)P)P(P(P)P)P(P)P.[3H]P(P(P(P)P)P(P)P)P(P(P)P)P(PP)P(P)P. The van der Waals surface area contributed by atoms with E-state index < -0.39 is 165 Å². The van der Waals surface area contributed by atoms with Crippen LogP contribution < -0.4 is 9.67 Å². The third kappa shape index (κ3) is 58.8. The highest BCUT2D eigenvalue weighted by Crippen LogP contribution is 3.24. The van der Waals surface area contributed by atoms with Crippen LogP contribution in [0.15, 0.2) is 61.0 Å². The lowest BCUT2D eigenvalue weighted by molar-refractivity contribution is -0.271. The highest BCUT2D eigenvalue weighted by molar-refractivity contribution is 14.1. The van der Waals surface area contributed by atoms with Crippen molar-refractivity contribution in [2.75, 3.05) is 63.3 Å². The van der Waals surface area contributed by atoms with Crippen LogP contribution in [-0.2, 0) is 18.9 Å². The Bertz CT molecular complexity index is 2460. The number of rotatable bonds is 34. The second-order valence-electron chi connectivity index (χ2n) is 20.9. The molecule has 18 N–H and O–H groups in total. The Balaban J connectivity index is -0.000000631. The van der Waals surface area contributed by atoms with Crippen LogP contribution >= 0.6 is 489 Å². The molecule has 0 aromatic rings. The second-order valence-corrected chi connectivity index (χ2v) is 166. The number of aliphatic hydroxyl groups is 16. The molecule has 0 spiro atoms. The number of halogens is 10. The Morgan fingerprint density at radius 3 is 0.770 bits per heavy atom. The summed E-state index contributed by atoms with van der Waals surface area (Å²) < 4.78 is 49.3. The monoisotopic (exact) mass is 3130 g/mol. The summed E-state index contributed by atoms with van der Waals surface area (Å²) in [5.74, 6) is 0. The fourth-order valence-electron chi connectivity index (χ4n) is 8.23. The van der Waals surface area contributed by atoms with Gasteiger partial charge in [0.2, 0.25) is 0 Å². The van der Waals surface area contributed by atoms with E-state index in [1.165, 1.54) is 0 Å². The maximum atomic E-state index is 10.2. The first kappa shape index (κ1) is 134. The number of hydrogen-bond donors (Lipinski definition) is 18. The average Bonchev–Trinajstić information content (AvgIpc) is 0.799. The standard InChI is InChI=1S/2C12H19I2NO5.2C6H12ClNO5.2C3H4BrI.H21P19.H20P18/c2*13-3-1-5-15(6-2-4-14)9-11(18)10(17)8(7-16)20-12(9)19;2*7-8-3-5(11)4(10)2(1-9)13-6(3)12;2*4-2-1-3-5;1-12(2)17(13(3)4)11-18(14(5)6)19(15(7)8)16(9)10;1-10-16(12(2)3)18(15(8)9)11-17(13(4)5)14(6)7/h2*1-4,8-12,16-19H,5-7H2;2*2-6,8-12H,1H2;2*1,3H,2H2;11H,1-10H2;10-11H,1-9H2/b3-1+,4-2+;3-1-,4-2-;;;3-1+;3-1-;;/t2*8-,9-,10-,11-,12?;2*2-,3-,4-,5-,6?;;;;/m1111..../s1/i;;;;;;2*11T. The van der Waals surface area contributed by atoms with Gasteiger partial charge >= 0.3 is 0 Å². The molecule has 0 radical (unpaired) electrons. The van der Waals surface area contributed by atoms with Gasteiger partial charge in [-0.05, 0) is 169 Å². The molecule has 29 unspecified atom stereocenters. The lowest BCUT2D eigenvalue weighted by atomic mass is 9.95. The highest BCUT2D eigenvalue weighted by atomic mass is 127. The first-order valence-electron chi connectivity index (χ1n) is 31.3. The molecule has 4 heterocycles. The van der Waals surface area contributed by atoms with Gasteiger partial charge in [-0.1, -0.05) is 212 Å². The zero-order valence-corrected chi connectivity index (χ0v) is 115. The minimum atomic E-state index is -1.35. The van der Waals surface area contributed by atoms with E-state index in [9.17, 15) is 61.3 Å². The van der Waals surface area contributed by atoms with Gasteiger partial charge in [0.15, 0.2) is 25.2 Å².